The SMILES string of the molecule is CCN(C)CCNCc1ccc([N+](=O)[O-])c(F)c1. The summed E-state index contributed by atoms with van der Waals surface area (Å²) < 4.78 is 13.3. The normalized spacial score (nSPS) is 10.9. The zero-order valence-electron chi connectivity index (χ0n) is 10.6. The van der Waals surface area contributed by atoms with Crippen LogP contribution in [0.2, 0.25) is 0 Å². The highest BCUT2D eigenvalue weighted by Crippen LogP contribution is 2.17. The molecule has 0 saturated heterocycles. The number of benzene rings is 1. The van der Waals surface area contributed by atoms with E-state index in [1.54, 1.807) is 6.07 Å². The molecule has 1 rings (SSSR count). The van der Waals surface area contributed by atoms with Crippen molar-refractivity contribution in [1.29, 1.82) is 0 Å². The second-order valence-electron chi connectivity index (χ2n) is 4.12. The van der Waals surface area contributed by atoms with Crippen LogP contribution in [0.15, 0.2) is 18.2 Å². The van der Waals surface area contributed by atoms with Crippen LogP contribution in [0.25, 0.3) is 0 Å². The maximum Gasteiger partial charge on any atom is 0.304 e. The van der Waals surface area contributed by atoms with Crippen LogP contribution in [-0.4, -0.2) is 36.5 Å². The van der Waals surface area contributed by atoms with Gasteiger partial charge in [0.2, 0.25) is 5.82 Å². The largest absolute Gasteiger partial charge is 0.311 e. The van der Waals surface area contributed by atoms with Crippen molar-refractivity contribution in [2.75, 3.05) is 26.7 Å². The lowest BCUT2D eigenvalue weighted by Gasteiger charge is -2.13. The molecular weight excluding hydrogens is 237 g/mol. The van der Waals surface area contributed by atoms with Gasteiger partial charge < -0.3 is 10.2 Å². The fourth-order valence-electron chi connectivity index (χ4n) is 1.47. The van der Waals surface area contributed by atoms with Crippen molar-refractivity contribution in [2.24, 2.45) is 0 Å². The quantitative estimate of drug-likeness (QED) is 0.458. The predicted molar refractivity (Wildman–Crippen MR) is 67.9 cm³/mol. The molecule has 18 heavy (non-hydrogen) atoms. The number of nitrogens with one attached hydrogen (secondary N) is 1. The average molecular weight is 255 g/mol. The molecule has 0 unspecified atom stereocenters. The van der Waals surface area contributed by atoms with E-state index in [2.05, 4.69) is 17.1 Å². The Hall–Kier alpha value is -1.53. The summed E-state index contributed by atoms with van der Waals surface area (Å²) in [7, 11) is 2.02. The first kappa shape index (κ1) is 14.5. The van der Waals surface area contributed by atoms with Crippen LogP contribution in [0.5, 0.6) is 0 Å². The highest BCUT2D eigenvalue weighted by molar-refractivity contribution is 5.34. The van der Waals surface area contributed by atoms with Gasteiger partial charge in [-0.05, 0) is 25.2 Å². The average Bonchev–Trinajstić information content (AvgIpc) is 2.34. The summed E-state index contributed by atoms with van der Waals surface area (Å²) in [6.45, 7) is 5.26. The number of nitro benzene ring substituents is 1. The minimum Gasteiger partial charge on any atom is -0.311 e. The third-order valence-electron chi connectivity index (χ3n) is 2.75. The first-order valence-corrected chi connectivity index (χ1v) is 5.86. The van der Waals surface area contributed by atoms with Crippen molar-refractivity contribution >= 4 is 5.69 Å². The number of rotatable bonds is 7. The van der Waals surface area contributed by atoms with Gasteiger partial charge in [-0.3, -0.25) is 10.1 Å². The lowest BCUT2D eigenvalue weighted by molar-refractivity contribution is -0.387. The summed E-state index contributed by atoms with van der Waals surface area (Å²) in [5.41, 5.74) is 0.224. The predicted octanol–water partition coefficient (Wildman–Crippen LogP) is 1.78. The Labute approximate surface area is 106 Å². The first-order valence-electron chi connectivity index (χ1n) is 5.86. The molecule has 0 saturated carbocycles. The number of nitro groups is 1. The number of hydrogen-bond donors (Lipinski definition) is 1. The molecule has 1 N–H and O–H groups in total. The van der Waals surface area contributed by atoms with E-state index in [0.717, 1.165) is 19.6 Å². The van der Waals surface area contributed by atoms with Gasteiger partial charge in [0.25, 0.3) is 0 Å². The molecule has 0 spiro atoms. The van der Waals surface area contributed by atoms with Crippen molar-refractivity contribution in [1.82, 2.24) is 10.2 Å². The van der Waals surface area contributed by atoms with Gasteiger partial charge in [-0.2, -0.15) is 4.39 Å². The molecule has 1 aromatic carbocycles. The van der Waals surface area contributed by atoms with E-state index in [1.165, 1.54) is 12.1 Å². The summed E-state index contributed by atoms with van der Waals surface area (Å²) in [4.78, 5) is 11.9. The summed E-state index contributed by atoms with van der Waals surface area (Å²) in [6, 6.07) is 3.97. The zero-order chi connectivity index (χ0) is 13.5. The van der Waals surface area contributed by atoms with Gasteiger partial charge >= 0.3 is 5.69 Å². The smallest absolute Gasteiger partial charge is 0.304 e. The van der Waals surface area contributed by atoms with Crippen LogP contribution in [0.3, 0.4) is 0 Å². The van der Waals surface area contributed by atoms with E-state index in [1.807, 2.05) is 7.05 Å². The van der Waals surface area contributed by atoms with E-state index in [-0.39, 0.29) is 0 Å². The molecule has 0 amide bonds. The van der Waals surface area contributed by atoms with Gasteiger partial charge in [0.05, 0.1) is 4.92 Å². The van der Waals surface area contributed by atoms with Gasteiger partial charge in [-0.1, -0.05) is 13.0 Å². The zero-order valence-corrected chi connectivity index (χ0v) is 10.6. The molecule has 0 atom stereocenters. The molecule has 0 aliphatic rings. The molecule has 0 bridgehead atoms. The van der Waals surface area contributed by atoms with Crippen molar-refractivity contribution in [3.63, 3.8) is 0 Å². The molecule has 0 heterocycles. The minimum atomic E-state index is -0.787. The molecule has 0 fully saturated rings. The molecular formula is C12H18FN3O2. The van der Waals surface area contributed by atoms with Crippen molar-refractivity contribution in [3.05, 3.63) is 39.7 Å². The van der Waals surface area contributed by atoms with E-state index < -0.39 is 16.4 Å². The third-order valence-corrected chi connectivity index (χ3v) is 2.75. The molecule has 0 radical (unpaired) electrons. The van der Waals surface area contributed by atoms with E-state index in [9.17, 15) is 14.5 Å². The number of hydrogen-bond acceptors (Lipinski definition) is 4. The van der Waals surface area contributed by atoms with Crippen LogP contribution in [0.4, 0.5) is 10.1 Å². The Morgan fingerprint density at radius 2 is 2.22 bits per heavy atom. The molecule has 5 nitrogen and oxygen atoms in total. The van der Waals surface area contributed by atoms with Crippen molar-refractivity contribution < 1.29 is 9.31 Å². The topological polar surface area (TPSA) is 58.4 Å². The first-order chi connectivity index (χ1) is 8.54. The van der Waals surface area contributed by atoms with Crippen molar-refractivity contribution in [2.45, 2.75) is 13.5 Å². The summed E-state index contributed by atoms with van der Waals surface area (Å²) in [5, 5.41) is 13.6. The summed E-state index contributed by atoms with van der Waals surface area (Å²) in [5.74, 6) is -0.787. The van der Waals surface area contributed by atoms with Gasteiger partial charge in [-0.15, -0.1) is 0 Å². The standard InChI is InChI=1S/C12H18FN3O2/c1-3-15(2)7-6-14-9-10-4-5-12(16(17)18)11(13)8-10/h4-5,8,14H,3,6-7,9H2,1-2H3. The number of halogens is 1. The molecule has 100 valence electrons. The second-order valence-corrected chi connectivity index (χ2v) is 4.12. The molecule has 6 heteroatoms. The lowest BCUT2D eigenvalue weighted by atomic mass is 10.2. The molecule has 1 aromatic rings. The summed E-state index contributed by atoms with van der Waals surface area (Å²) in [6.07, 6.45) is 0. The van der Waals surface area contributed by atoms with Crippen molar-refractivity contribution in [3.8, 4) is 0 Å². The van der Waals surface area contributed by atoms with Gasteiger partial charge in [0.15, 0.2) is 0 Å². The molecule has 0 aromatic heterocycles. The highest BCUT2D eigenvalue weighted by Gasteiger charge is 2.13. The number of nitrogens with zero attached hydrogens (tertiary/aromatic N) is 2. The lowest BCUT2D eigenvalue weighted by Crippen LogP contribution is -2.28. The fraction of sp³-hybridized carbons (Fsp3) is 0.500. The van der Waals surface area contributed by atoms with Crippen LogP contribution in [-0.2, 0) is 6.54 Å². The van der Waals surface area contributed by atoms with Crippen LogP contribution >= 0.6 is 0 Å². The van der Waals surface area contributed by atoms with Crippen LogP contribution in [0.1, 0.15) is 12.5 Å². The highest BCUT2D eigenvalue weighted by atomic mass is 19.1. The van der Waals surface area contributed by atoms with Crippen LogP contribution < -0.4 is 5.32 Å². The Morgan fingerprint density at radius 1 is 1.50 bits per heavy atom. The van der Waals surface area contributed by atoms with Gasteiger partial charge in [0.1, 0.15) is 0 Å². The fourth-order valence-corrected chi connectivity index (χ4v) is 1.47. The van der Waals surface area contributed by atoms with Gasteiger partial charge in [-0.25, -0.2) is 0 Å². The Kier molecular flexibility index (Phi) is 5.67. The Morgan fingerprint density at radius 3 is 2.78 bits per heavy atom. The van der Waals surface area contributed by atoms with E-state index in [0.29, 0.717) is 12.1 Å². The maximum absolute atomic E-state index is 13.3. The second kappa shape index (κ2) is 7.03. The Bertz CT molecular complexity index is 412. The minimum absolute atomic E-state index is 0.482. The monoisotopic (exact) mass is 255 g/mol. The van der Waals surface area contributed by atoms with Crippen LogP contribution in [0, 0.1) is 15.9 Å². The van der Waals surface area contributed by atoms with E-state index >= 15 is 0 Å². The summed E-state index contributed by atoms with van der Waals surface area (Å²) >= 11 is 0. The van der Waals surface area contributed by atoms with E-state index in [4.69, 9.17) is 0 Å². The maximum atomic E-state index is 13.3. The third kappa shape index (κ3) is 4.38. The van der Waals surface area contributed by atoms with Gasteiger partial charge in [0, 0.05) is 25.7 Å². The number of likely N-dealkylation sites (N-methyl/N-ethyl adjacent to an activating group) is 1. The molecule has 0 aliphatic carbocycles. The Balaban J connectivity index is 2.44. The molecule has 0 aliphatic heterocycles.